The molecule has 2 amide bonds. The van der Waals surface area contributed by atoms with Gasteiger partial charge in [-0.15, -0.1) is 0 Å². The first-order chi connectivity index (χ1) is 17.8. The van der Waals surface area contributed by atoms with Crippen LogP contribution in [0.25, 0.3) is 0 Å². The summed E-state index contributed by atoms with van der Waals surface area (Å²) in [7, 11) is -3.80. The van der Waals surface area contributed by atoms with Crippen molar-refractivity contribution in [1.29, 1.82) is 0 Å². The normalized spacial score (nSPS) is 13.4. The maximum atomic E-state index is 13.1. The highest BCUT2D eigenvalue weighted by Gasteiger charge is 2.26. The van der Waals surface area contributed by atoms with Gasteiger partial charge in [-0.3, -0.25) is 13.9 Å². The first kappa shape index (κ1) is 26.0. The van der Waals surface area contributed by atoms with Gasteiger partial charge in [0.1, 0.15) is 19.8 Å². The van der Waals surface area contributed by atoms with Gasteiger partial charge in [-0.25, -0.2) is 8.42 Å². The van der Waals surface area contributed by atoms with Gasteiger partial charge in [-0.2, -0.15) is 0 Å². The summed E-state index contributed by atoms with van der Waals surface area (Å²) < 4.78 is 37.9. The molecule has 1 heterocycles. The minimum atomic E-state index is -3.80. The van der Waals surface area contributed by atoms with Crippen LogP contribution in [-0.4, -0.2) is 45.7 Å². The van der Waals surface area contributed by atoms with E-state index in [9.17, 15) is 18.0 Å². The van der Waals surface area contributed by atoms with Crippen molar-refractivity contribution in [2.24, 2.45) is 0 Å². The Morgan fingerprint density at radius 3 is 2.35 bits per heavy atom. The molecule has 0 bridgehead atoms. The number of sulfonamides is 1. The van der Waals surface area contributed by atoms with Gasteiger partial charge in [-0.1, -0.05) is 42.5 Å². The Bertz CT molecular complexity index is 1380. The number of amides is 2. The molecule has 1 aliphatic rings. The monoisotopic (exact) mass is 523 g/mol. The summed E-state index contributed by atoms with van der Waals surface area (Å²) in [6.45, 7) is 3.65. The third kappa shape index (κ3) is 6.21. The zero-order valence-electron chi connectivity index (χ0n) is 20.6. The van der Waals surface area contributed by atoms with E-state index in [1.807, 2.05) is 37.3 Å². The molecule has 3 aromatic rings. The summed E-state index contributed by atoms with van der Waals surface area (Å²) in [6, 6.07) is 20.6. The molecule has 0 aliphatic carbocycles. The fourth-order valence-corrected chi connectivity index (χ4v) is 4.96. The van der Waals surface area contributed by atoms with Gasteiger partial charge in [-0.05, 0) is 43.7 Å². The second-order valence-electron chi connectivity index (χ2n) is 8.43. The van der Waals surface area contributed by atoms with Gasteiger partial charge in [0.05, 0.1) is 28.7 Å². The summed E-state index contributed by atoms with van der Waals surface area (Å²) in [5, 5.41) is 5.63. The molecule has 1 aliphatic heterocycles. The molecular weight excluding hydrogens is 494 g/mol. The van der Waals surface area contributed by atoms with Crippen LogP contribution >= 0.6 is 0 Å². The molecule has 0 saturated carbocycles. The van der Waals surface area contributed by atoms with E-state index in [1.165, 1.54) is 6.92 Å². The van der Waals surface area contributed by atoms with Crippen molar-refractivity contribution in [1.82, 2.24) is 5.32 Å². The molecule has 0 spiro atoms. The number of carbonyl (C=O) groups is 2. The van der Waals surface area contributed by atoms with Gasteiger partial charge < -0.3 is 20.1 Å². The SMILES string of the molecule is CCS(=O)(=O)N(CC(=O)Nc1ccccc1C(=O)N[C@@H](C)c1ccccc1)c1ccc2c(c1)OCCO2. The standard InChI is InChI=1S/C27H29N3O6S/c1-3-37(33,34)30(21-13-14-24-25(17-21)36-16-15-35-24)18-26(31)29-23-12-8-7-11-22(23)27(32)28-19(2)20-9-5-4-6-10-20/h4-14,17,19H,3,15-16,18H2,1-2H3,(H,28,32)(H,29,31)/t19-/m0/s1. The van der Waals surface area contributed by atoms with Crippen molar-refractivity contribution >= 4 is 33.2 Å². The summed E-state index contributed by atoms with van der Waals surface area (Å²) in [5.41, 5.74) is 1.77. The molecule has 0 aromatic heterocycles. The number of nitrogens with zero attached hydrogens (tertiary/aromatic N) is 1. The highest BCUT2D eigenvalue weighted by atomic mass is 32.2. The maximum Gasteiger partial charge on any atom is 0.253 e. The fraction of sp³-hybridized carbons (Fsp3) is 0.259. The summed E-state index contributed by atoms with van der Waals surface area (Å²) >= 11 is 0. The molecule has 194 valence electrons. The molecule has 4 rings (SSSR count). The number of anilines is 2. The average Bonchev–Trinajstić information content (AvgIpc) is 2.92. The van der Waals surface area contributed by atoms with Crippen molar-refractivity contribution in [3.63, 3.8) is 0 Å². The minimum absolute atomic E-state index is 0.203. The van der Waals surface area contributed by atoms with Gasteiger partial charge in [0.2, 0.25) is 15.9 Å². The first-order valence-electron chi connectivity index (χ1n) is 11.9. The number of para-hydroxylation sites is 1. The molecule has 2 N–H and O–H groups in total. The third-order valence-electron chi connectivity index (χ3n) is 5.89. The highest BCUT2D eigenvalue weighted by molar-refractivity contribution is 7.92. The molecular formula is C27H29N3O6S. The smallest absolute Gasteiger partial charge is 0.253 e. The van der Waals surface area contributed by atoms with E-state index in [0.717, 1.165) is 9.87 Å². The number of hydrogen-bond acceptors (Lipinski definition) is 6. The number of ether oxygens (including phenoxy) is 2. The van der Waals surface area contributed by atoms with Crippen LogP contribution in [0.3, 0.4) is 0 Å². The van der Waals surface area contributed by atoms with Gasteiger partial charge in [0.25, 0.3) is 5.91 Å². The molecule has 37 heavy (non-hydrogen) atoms. The number of rotatable bonds is 9. The molecule has 0 radical (unpaired) electrons. The third-order valence-corrected chi connectivity index (χ3v) is 7.64. The quantitative estimate of drug-likeness (QED) is 0.442. The van der Waals surface area contributed by atoms with Crippen LogP contribution in [0.5, 0.6) is 11.5 Å². The number of benzene rings is 3. The lowest BCUT2D eigenvalue weighted by atomic mass is 10.1. The minimum Gasteiger partial charge on any atom is -0.486 e. The predicted molar refractivity (Wildman–Crippen MR) is 142 cm³/mol. The van der Waals surface area contributed by atoms with Crippen LogP contribution in [0, 0.1) is 0 Å². The van der Waals surface area contributed by atoms with Gasteiger partial charge in [0, 0.05) is 6.07 Å². The number of carbonyl (C=O) groups excluding carboxylic acids is 2. The zero-order chi connectivity index (χ0) is 26.4. The average molecular weight is 524 g/mol. The second kappa shape index (κ2) is 11.3. The van der Waals surface area contributed by atoms with Crippen molar-refractivity contribution < 1.29 is 27.5 Å². The first-order valence-corrected chi connectivity index (χ1v) is 13.5. The van der Waals surface area contributed by atoms with Gasteiger partial charge in [0.15, 0.2) is 11.5 Å². The second-order valence-corrected chi connectivity index (χ2v) is 10.6. The maximum absolute atomic E-state index is 13.1. The predicted octanol–water partition coefficient (Wildman–Crippen LogP) is 3.74. The molecule has 1 atom stereocenters. The van der Waals surface area contributed by atoms with Gasteiger partial charge >= 0.3 is 0 Å². The lowest BCUT2D eigenvalue weighted by Gasteiger charge is -2.26. The van der Waals surface area contributed by atoms with E-state index in [2.05, 4.69) is 10.6 Å². The van der Waals surface area contributed by atoms with Crippen molar-refractivity contribution in [2.75, 3.05) is 35.1 Å². The Morgan fingerprint density at radius 2 is 1.62 bits per heavy atom. The van der Waals surface area contributed by atoms with Crippen LogP contribution in [0.4, 0.5) is 11.4 Å². The van der Waals surface area contributed by atoms with Crippen molar-refractivity contribution in [3.05, 3.63) is 83.9 Å². The summed E-state index contributed by atoms with van der Waals surface area (Å²) in [4.78, 5) is 26.1. The molecule has 10 heteroatoms. The van der Waals surface area contributed by atoms with Crippen LogP contribution < -0.4 is 24.4 Å². The summed E-state index contributed by atoms with van der Waals surface area (Å²) in [6.07, 6.45) is 0. The Morgan fingerprint density at radius 1 is 0.946 bits per heavy atom. The van der Waals surface area contributed by atoms with E-state index in [4.69, 9.17) is 9.47 Å². The largest absolute Gasteiger partial charge is 0.486 e. The Balaban J connectivity index is 1.52. The van der Waals surface area contributed by atoms with Crippen LogP contribution in [-0.2, 0) is 14.8 Å². The van der Waals surface area contributed by atoms with Crippen LogP contribution in [0.2, 0.25) is 0 Å². The van der Waals surface area contributed by atoms with Crippen molar-refractivity contribution in [2.45, 2.75) is 19.9 Å². The Labute approximate surface area is 216 Å². The van der Waals surface area contributed by atoms with Crippen LogP contribution in [0.1, 0.15) is 35.8 Å². The van der Waals surface area contributed by atoms with E-state index >= 15 is 0 Å². The molecule has 0 unspecified atom stereocenters. The highest BCUT2D eigenvalue weighted by Crippen LogP contribution is 2.35. The Hall–Kier alpha value is -4.05. The van der Waals surface area contributed by atoms with E-state index in [0.29, 0.717) is 24.7 Å². The summed E-state index contributed by atoms with van der Waals surface area (Å²) in [5.74, 6) is -0.237. The van der Waals surface area contributed by atoms with Crippen LogP contribution in [0.15, 0.2) is 72.8 Å². The zero-order valence-corrected chi connectivity index (χ0v) is 21.5. The lowest BCUT2D eigenvalue weighted by molar-refractivity contribution is -0.114. The Kier molecular flexibility index (Phi) is 7.98. The van der Waals surface area contributed by atoms with Crippen molar-refractivity contribution in [3.8, 4) is 11.5 Å². The van der Waals surface area contributed by atoms with E-state index < -0.39 is 22.5 Å². The molecule has 0 saturated heterocycles. The number of hydrogen-bond donors (Lipinski definition) is 2. The fourth-order valence-electron chi connectivity index (χ4n) is 3.90. The topological polar surface area (TPSA) is 114 Å². The number of fused-ring (bicyclic) bond motifs is 1. The lowest BCUT2D eigenvalue weighted by Crippen LogP contribution is -2.39. The van der Waals surface area contributed by atoms with E-state index in [1.54, 1.807) is 42.5 Å². The molecule has 3 aromatic carbocycles. The molecule has 0 fully saturated rings. The van der Waals surface area contributed by atoms with E-state index in [-0.39, 0.29) is 34.6 Å². The number of nitrogens with one attached hydrogen (secondary N) is 2. The molecule has 9 nitrogen and oxygen atoms in total.